The molecule has 0 aromatic heterocycles. The summed E-state index contributed by atoms with van der Waals surface area (Å²) in [7, 11) is 0. The van der Waals surface area contributed by atoms with Gasteiger partial charge in [-0.15, -0.1) is 0 Å². The molecule has 88 valence electrons. The Balaban J connectivity index is 2.30. The third-order valence-corrected chi connectivity index (χ3v) is 4.28. The van der Waals surface area contributed by atoms with E-state index >= 15 is 0 Å². The van der Waals surface area contributed by atoms with Gasteiger partial charge in [0.1, 0.15) is 0 Å². The molecule has 0 aliphatic heterocycles. The largest absolute Gasteiger partial charge is 0.327 e. The third kappa shape index (κ3) is 2.53. The third-order valence-electron chi connectivity index (χ3n) is 3.45. The van der Waals surface area contributed by atoms with Crippen molar-refractivity contribution in [2.75, 3.05) is 0 Å². The highest BCUT2D eigenvalue weighted by molar-refractivity contribution is 6.42. The lowest BCUT2D eigenvalue weighted by Crippen LogP contribution is -2.27. The number of hydrogen-bond donors (Lipinski definition) is 1. The summed E-state index contributed by atoms with van der Waals surface area (Å²) in [4.78, 5) is 0. The zero-order valence-corrected chi connectivity index (χ0v) is 10.8. The van der Waals surface area contributed by atoms with E-state index in [0.717, 1.165) is 18.4 Å². The predicted molar refractivity (Wildman–Crippen MR) is 70.3 cm³/mol. The second-order valence-corrected chi connectivity index (χ2v) is 5.34. The SMILES string of the molecule is NC1CCCCCC1c1cccc(Cl)c1Cl. The fourth-order valence-electron chi connectivity index (χ4n) is 2.53. The average molecular weight is 258 g/mol. The van der Waals surface area contributed by atoms with E-state index in [-0.39, 0.29) is 6.04 Å². The molecule has 0 saturated heterocycles. The summed E-state index contributed by atoms with van der Waals surface area (Å²) in [6, 6.07) is 6.07. The Morgan fingerprint density at radius 2 is 1.81 bits per heavy atom. The maximum atomic E-state index is 6.26. The van der Waals surface area contributed by atoms with E-state index in [0.29, 0.717) is 16.0 Å². The normalized spacial score (nSPS) is 26.4. The van der Waals surface area contributed by atoms with Gasteiger partial charge in [0, 0.05) is 12.0 Å². The molecule has 1 aliphatic carbocycles. The van der Waals surface area contributed by atoms with Crippen molar-refractivity contribution in [2.45, 2.75) is 44.1 Å². The van der Waals surface area contributed by atoms with Gasteiger partial charge in [0.15, 0.2) is 0 Å². The number of nitrogens with two attached hydrogens (primary N) is 1. The van der Waals surface area contributed by atoms with E-state index in [4.69, 9.17) is 28.9 Å². The fraction of sp³-hybridized carbons (Fsp3) is 0.538. The molecule has 0 amide bonds. The number of hydrogen-bond acceptors (Lipinski definition) is 1. The van der Waals surface area contributed by atoms with Crippen molar-refractivity contribution in [3.8, 4) is 0 Å². The summed E-state index contributed by atoms with van der Waals surface area (Å²) in [6.07, 6.45) is 5.97. The minimum absolute atomic E-state index is 0.221. The Morgan fingerprint density at radius 1 is 1.06 bits per heavy atom. The Bertz CT molecular complexity index is 365. The van der Waals surface area contributed by atoms with Gasteiger partial charge in [0.25, 0.3) is 0 Å². The second-order valence-electron chi connectivity index (χ2n) is 4.55. The van der Waals surface area contributed by atoms with Crippen molar-refractivity contribution in [1.82, 2.24) is 0 Å². The topological polar surface area (TPSA) is 26.0 Å². The molecule has 3 heteroatoms. The van der Waals surface area contributed by atoms with E-state index in [2.05, 4.69) is 6.07 Å². The van der Waals surface area contributed by atoms with Crippen molar-refractivity contribution in [3.05, 3.63) is 33.8 Å². The Kier molecular flexibility index (Phi) is 4.12. The molecule has 0 radical (unpaired) electrons. The fourth-order valence-corrected chi connectivity index (χ4v) is 2.98. The maximum Gasteiger partial charge on any atom is 0.0627 e. The monoisotopic (exact) mass is 257 g/mol. The van der Waals surface area contributed by atoms with E-state index in [9.17, 15) is 0 Å². The molecule has 16 heavy (non-hydrogen) atoms. The summed E-state index contributed by atoms with van der Waals surface area (Å²) in [5.41, 5.74) is 7.36. The molecule has 1 aromatic rings. The molecule has 0 spiro atoms. The minimum atomic E-state index is 0.221. The molecule has 2 rings (SSSR count). The smallest absolute Gasteiger partial charge is 0.0627 e. The quantitative estimate of drug-likeness (QED) is 0.744. The molecule has 1 nitrogen and oxygen atoms in total. The number of rotatable bonds is 1. The highest BCUT2D eigenvalue weighted by Crippen LogP contribution is 2.37. The van der Waals surface area contributed by atoms with Crippen molar-refractivity contribution < 1.29 is 0 Å². The zero-order valence-electron chi connectivity index (χ0n) is 9.26. The average Bonchev–Trinajstić information content (AvgIpc) is 2.47. The number of benzene rings is 1. The van der Waals surface area contributed by atoms with Crippen LogP contribution >= 0.6 is 23.2 Å². The highest BCUT2D eigenvalue weighted by atomic mass is 35.5. The van der Waals surface area contributed by atoms with Crippen LogP contribution in [0.25, 0.3) is 0 Å². The van der Waals surface area contributed by atoms with E-state index in [1.54, 1.807) is 0 Å². The summed E-state index contributed by atoms with van der Waals surface area (Å²) < 4.78 is 0. The second kappa shape index (κ2) is 5.39. The molecule has 0 heterocycles. The standard InChI is InChI=1S/C13H17Cl2N/c14-11-7-4-6-10(13(11)15)9-5-2-1-3-8-12(9)16/h4,6-7,9,12H,1-3,5,8,16H2. The molecule has 1 aromatic carbocycles. The van der Waals surface area contributed by atoms with Crippen LogP contribution in [0.5, 0.6) is 0 Å². The Labute approximate surface area is 107 Å². The molecule has 2 N–H and O–H groups in total. The first-order valence-corrected chi connectivity index (χ1v) is 6.65. The lowest BCUT2D eigenvalue weighted by atomic mass is 9.88. The summed E-state index contributed by atoms with van der Waals surface area (Å²) >= 11 is 12.3. The molecule has 1 fully saturated rings. The molecular formula is C13H17Cl2N. The molecule has 2 atom stereocenters. The first kappa shape index (κ1) is 12.2. The lowest BCUT2D eigenvalue weighted by Gasteiger charge is -2.23. The van der Waals surface area contributed by atoms with Gasteiger partial charge in [-0.25, -0.2) is 0 Å². The first-order valence-electron chi connectivity index (χ1n) is 5.89. The van der Waals surface area contributed by atoms with Crippen LogP contribution in [0, 0.1) is 0 Å². The minimum Gasteiger partial charge on any atom is -0.327 e. The van der Waals surface area contributed by atoms with Crippen LogP contribution in [0.4, 0.5) is 0 Å². The molecular weight excluding hydrogens is 241 g/mol. The van der Waals surface area contributed by atoms with E-state index in [1.807, 2.05) is 12.1 Å². The van der Waals surface area contributed by atoms with Crippen LogP contribution in [0.15, 0.2) is 18.2 Å². The van der Waals surface area contributed by atoms with E-state index in [1.165, 1.54) is 19.3 Å². The van der Waals surface area contributed by atoms with Gasteiger partial charge in [-0.1, -0.05) is 54.6 Å². The van der Waals surface area contributed by atoms with Gasteiger partial charge >= 0.3 is 0 Å². The van der Waals surface area contributed by atoms with Crippen LogP contribution in [0.2, 0.25) is 10.0 Å². The van der Waals surface area contributed by atoms with Gasteiger partial charge in [0.05, 0.1) is 10.0 Å². The van der Waals surface area contributed by atoms with Crippen molar-refractivity contribution in [3.63, 3.8) is 0 Å². The van der Waals surface area contributed by atoms with Crippen molar-refractivity contribution in [1.29, 1.82) is 0 Å². The Hall–Kier alpha value is -0.240. The van der Waals surface area contributed by atoms with Crippen molar-refractivity contribution in [2.24, 2.45) is 5.73 Å². The molecule has 1 aliphatic rings. The van der Waals surface area contributed by atoms with Crippen LogP contribution < -0.4 is 5.73 Å². The summed E-state index contributed by atoms with van der Waals surface area (Å²) in [5, 5.41) is 1.32. The van der Waals surface area contributed by atoms with Crippen LogP contribution in [0.3, 0.4) is 0 Å². The van der Waals surface area contributed by atoms with E-state index < -0.39 is 0 Å². The lowest BCUT2D eigenvalue weighted by molar-refractivity contribution is 0.505. The van der Waals surface area contributed by atoms with Crippen LogP contribution in [0.1, 0.15) is 43.6 Å². The van der Waals surface area contributed by atoms with Gasteiger partial charge in [0.2, 0.25) is 0 Å². The molecule has 2 unspecified atom stereocenters. The van der Waals surface area contributed by atoms with Gasteiger partial charge in [-0.2, -0.15) is 0 Å². The van der Waals surface area contributed by atoms with Gasteiger partial charge in [-0.3, -0.25) is 0 Å². The van der Waals surface area contributed by atoms with Crippen molar-refractivity contribution >= 4 is 23.2 Å². The van der Waals surface area contributed by atoms with Gasteiger partial charge in [-0.05, 0) is 24.5 Å². The number of halogens is 2. The summed E-state index contributed by atoms with van der Waals surface area (Å²) in [6.45, 7) is 0. The van der Waals surface area contributed by atoms with Crippen LogP contribution in [-0.2, 0) is 0 Å². The van der Waals surface area contributed by atoms with Crippen LogP contribution in [-0.4, -0.2) is 6.04 Å². The predicted octanol–water partition coefficient (Wildman–Crippen LogP) is 4.37. The zero-order chi connectivity index (χ0) is 11.5. The summed E-state index contributed by atoms with van der Waals surface area (Å²) in [5.74, 6) is 0.369. The maximum absolute atomic E-state index is 6.26. The highest BCUT2D eigenvalue weighted by Gasteiger charge is 2.24. The van der Waals surface area contributed by atoms with Gasteiger partial charge < -0.3 is 5.73 Å². The Morgan fingerprint density at radius 3 is 2.62 bits per heavy atom. The first-order chi connectivity index (χ1) is 7.70. The molecule has 1 saturated carbocycles. The molecule has 0 bridgehead atoms.